The van der Waals surface area contributed by atoms with Crippen molar-refractivity contribution in [3.8, 4) is 0 Å². The van der Waals surface area contributed by atoms with Gasteiger partial charge in [-0.1, -0.05) is 17.5 Å². The fourth-order valence-corrected chi connectivity index (χ4v) is 8.25. The Kier molecular flexibility index (Phi) is 6.87. The summed E-state index contributed by atoms with van der Waals surface area (Å²) in [7, 11) is 0. The zero-order valence-electron chi connectivity index (χ0n) is 21.1. The lowest BCUT2D eigenvalue weighted by molar-refractivity contribution is -0.0440. The summed E-state index contributed by atoms with van der Waals surface area (Å²) in [6.45, 7) is -5.02. The summed E-state index contributed by atoms with van der Waals surface area (Å²) in [5.41, 5.74) is 11.3. The molecule has 0 saturated carbocycles. The summed E-state index contributed by atoms with van der Waals surface area (Å²) < 4.78 is 70.6. The van der Waals surface area contributed by atoms with Crippen LogP contribution in [0, 0.1) is 5.92 Å². The van der Waals surface area contributed by atoms with Gasteiger partial charge in [-0.15, -0.1) is 16.9 Å². The number of halogens is 2. The minimum absolute atomic E-state index is 0.0244. The summed E-state index contributed by atoms with van der Waals surface area (Å²) in [6.07, 6.45) is -4.42. The molecule has 2 bridgehead atoms. The average Bonchev–Trinajstić information content (AvgIpc) is 3.69. The van der Waals surface area contributed by atoms with Gasteiger partial charge in [0.15, 0.2) is 35.0 Å². The zero-order chi connectivity index (χ0) is 29.3. The Balaban J connectivity index is 1.17. The van der Waals surface area contributed by atoms with E-state index in [4.69, 9.17) is 30.0 Å². The number of rotatable bonds is 2. The van der Waals surface area contributed by atoms with E-state index in [0.717, 1.165) is 11.8 Å². The second kappa shape index (κ2) is 10.4. The Labute approximate surface area is 242 Å². The molecule has 9 atom stereocenters. The Bertz CT molecular complexity index is 1780. The zero-order valence-corrected chi connectivity index (χ0v) is 23.7. The van der Waals surface area contributed by atoms with E-state index in [9.17, 15) is 9.36 Å². The molecule has 5 N–H and O–H groups in total. The van der Waals surface area contributed by atoms with E-state index in [1.54, 1.807) is 0 Å². The lowest BCUT2D eigenvalue weighted by atomic mass is 10.0. The second-order valence-corrected chi connectivity index (χ2v) is 14.0. The Morgan fingerprint density at radius 1 is 1.12 bits per heavy atom. The van der Waals surface area contributed by atoms with Crippen molar-refractivity contribution < 1.29 is 31.9 Å². The van der Waals surface area contributed by atoms with E-state index in [1.807, 2.05) is 0 Å². The predicted molar refractivity (Wildman–Crippen MR) is 146 cm³/mol. The molecule has 3 aliphatic heterocycles. The van der Waals surface area contributed by atoms with Crippen molar-refractivity contribution in [2.75, 3.05) is 31.3 Å². The maximum absolute atomic E-state index is 15.9. The van der Waals surface area contributed by atoms with Crippen LogP contribution in [0.2, 0.25) is 0 Å². The molecule has 0 amide bonds. The molecule has 7 heterocycles. The van der Waals surface area contributed by atoms with Crippen LogP contribution >= 0.6 is 30.8 Å². The number of nitrogens with zero attached hydrogens (tertiary/aromatic N) is 8. The molecule has 3 saturated heterocycles. The van der Waals surface area contributed by atoms with Gasteiger partial charge >= 0.3 is 6.80 Å². The van der Waals surface area contributed by atoms with Crippen LogP contribution in [-0.4, -0.2) is 94.1 Å². The van der Waals surface area contributed by atoms with Crippen LogP contribution in [-0.2, 0) is 23.1 Å². The van der Waals surface area contributed by atoms with Gasteiger partial charge in [0.2, 0.25) is 5.95 Å². The molecule has 3 aliphatic rings. The van der Waals surface area contributed by atoms with Gasteiger partial charge in [-0.3, -0.25) is 23.4 Å². The number of aromatic nitrogens is 9. The molecule has 2 unspecified atom stereocenters. The monoisotopic (exact) mass is 645 g/mol. The van der Waals surface area contributed by atoms with Gasteiger partial charge in [-0.25, -0.2) is 33.0 Å². The maximum Gasteiger partial charge on any atom is 0.386 e. The molecule has 17 nitrogen and oxygen atoms in total. The summed E-state index contributed by atoms with van der Waals surface area (Å²) >= 11 is 5.09. The number of nitrogens with two attached hydrogens (primary N) is 2. The first-order valence-electron chi connectivity index (χ1n) is 12.5. The lowest BCUT2D eigenvalue weighted by Crippen LogP contribution is -2.35. The fraction of sp³-hybridized carbons (Fsp3) is 0.550. The molecule has 4 aromatic rings. The average molecular weight is 646 g/mol. The Morgan fingerprint density at radius 3 is 2.79 bits per heavy atom. The number of hydrogen-bond donors (Lipinski definition) is 4. The number of anilines is 2. The summed E-state index contributed by atoms with van der Waals surface area (Å²) in [5.74, 6) is -0.990. The van der Waals surface area contributed by atoms with Crippen molar-refractivity contribution in [3.05, 3.63) is 23.0 Å². The number of aromatic amines is 1. The molecular formula is C20H22F2N11O6PS2. The van der Waals surface area contributed by atoms with Gasteiger partial charge in [0.1, 0.15) is 29.5 Å². The third-order valence-corrected chi connectivity index (χ3v) is 10.3. The normalized spacial score (nSPS) is 35.7. The molecule has 0 aromatic carbocycles. The number of ether oxygens (including phenoxy) is 2. The van der Waals surface area contributed by atoms with Crippen molar-refractivity contribution in [1.29, 1.82) is 0 Å². The van der Waals surface area contributed by atoms with Gasteiger partial charge in [-0.2, -0.15) is 4.98 Å². The van der Waals surface area contributed by atoms with E-state index >= 15 is 8.78 Å². The lowest BCUT2D eigenvalue weighted by Gasteiger charge is -2.26. The quantitative estimate of drug-likeness (QED) is 0.175. The third kappa shape index (κ3) is 4.63. The molecule has 42 heavy (non-hydrogen) atoms. The number of H-pyrrole nitrogens is 1. The van der Waals surface area contributed by atoms with Gasteiger partial charge in [0.25, 0.3) is 5.56 Å². The van der Waals surface area contributed by atoms with Crippen LogP contribution in [0.1, 0.15) is 11.6 Å². The molecule has 0 aliphatic carbocycles. The van der Waals surface area contributed by atoms with Crippen molar-refractivity contribution in [2.45, 2.75) is 41.4 Å². The number of thioether (sulfide) groups is 1. The highest BCUT2D eigenvalue weighted by molar-refractivity contribution is 8.44. The van der Waals surface area contributed by atoms with E-state index in [0.29, 0.717) is 0 Å². The van der Waals surface area contributed by atoms with Crippen molar-refractivity contribution in [2.24, 2.45) is 5.92 Å². The van der Waals surface area contributed by atoms with E-state index in [2.05, 4.69) is 47.5 Å². The van der Waals surface area contributed by atoms with Gasteiger partial charge in [0, 0.05) is 5.92 Å². The first-order chi connectivity index (χ1) is 20.1. The largest absolute Gasteiger partial charge is 0.386 e. The molecular weight excluding hydrogens is 623 g/mol. The van der Waals surface area contributed by atoms with Crippen molar-refractivity contribution in [1.82, 2.24) is 44.5 Å². The topological polar surface area (TPSA) is 226 Å². The first-order valence-corrected chi connectivity index (χ1v) is 16.1. The highest BCUT2D eigenvalue weighted by Crippen LogP contribution is 2.59. The molecule has 0 radical (unpaired) electrons. The van der Waals surface area contributed by atoms with E-state index in [1.165, 1.54) is 21.9 Å². The molecule has 4 aromatic heterocycles. The van der Waals surface area contributed by atoms with Crippen molar-refractivity contribution in [3.63, 3.8) is 0 Å². The van der Waals surface area contributed by atoms with Crippen LogP contribution in [0.25, 0.3) is 22.3 Å². The van der Waals surface area contributed by atoms with E-state index < -0.39 is 66.3 Å². The Morgan fingerprint density at radius 2 is 1.95 bits per heavy atom. The summed E-state index contributed by atoms with van der Waals surface area (Å²) in [5, 5.41) is 5.89. The fourth-order valence-electron chi connectivity index (χ4n) is 5.25. The van der Waals surface area contributed by atoms with Crippen LogP contribution < -0.4 is 17.0 Å². The second-order valence-electron chi connectivity index (χ2n) is 9.80. The smallest absolute Gasteiger partial charge is 0.382 e. The summed E-state index contributed by atoms with van der Waals surface area (Å²) in [6, 6.07) is 0. The highest BCUT2D eigenvalue weighted by atomic mass is 32.7. The molecule has 3 fully saturated rings. The minimum atomic E-state index is -4.27. The molecule has 224 valence electrons. The van der Waals surface area contributed by atoms with Gasteiger partial charge in [0.05, 0.1) is 37.5 Å². The number of hydrogen-bond acceptors (Lipinski definition) is 15. The van der Waals surface area contributed by atoms with Gasteiger partial charge < -0.3 is 20.9 Å². The SMILES string of the molecule is Nc1nc2c(nnn2[C@@H]2S[C@@H]3COCC4[C@@H](COP(=O)(S)O[C@@H]2[C@@H]3F)O[C@@H](n2cnc3c(N)ncnc32)[C@H]4F)c(=O)[nH]1. The van der Waals surface area contributed by atoms with Crippen LogP contribution in [0.4, 0.5) is 20.5 Å². The number of imidazole rings is 1. The van der Waals surface area contributed by atoms with Crippen LogP contribution in [0.5, 0.6) is 0 Å². The van der Waals surface area contributed by atoms with Gasteiger partial charge in [-0.05, 0) is 0 Å². The standard InChI is InChI=1S/C20H22F2N11O6PS2/c21-9-6-1-36-3-8-10(22)13(19(42-8)33-16-12(30-31-33)17(34)29-20(24)28-16)39-40(35,41)37-2-7(6)38-18(9)32-5-27-11-14(23)25-4-26-15(11)32/h4-10,13,18-19H,1-3H2,(H,35,41)(H2,23,25,26)(H3,24,28,29,34)/t6?,7-,8-,9+,10-,13-,18-,19-,40?/m1/s1. The highest BCUT2D eigenvalue weighted by Gasteiger charge is 2.53. The summed E-state index contributed by atoms with van der Waals surface area (Å²) in [4.78, 5) is 30.8. The Hall–Kier alpha value is -2.94. The minimum Gasteiger partial charge on any atom is -0.382 e. The number of thiol groups is 1. The number of fused-ring (bicyclic) bond motifs is 5. The maximum atomic E-state index is 15.9. The van der Waals surface area contributed by atoms with Crippen LogP contribution in [0.3, 0.4) is 0 Å². The predicted octanol–water partition coefficient (Wildman–Crippen LogP) is 0.793. The molecule has 7 rings (SSSR count). The number of alkyl halides is 2. The van der Waals surface area contributed by atoms with E-state index in [-0.39, 0.29) is 47.3 Å². The molecule has 0 spiro atoms. The van der Waals surface area contributed by atoms with Crippen molar-refractivity contribution >= 4 is 64.9 Å². The first kappa shape index (κ1) is 27.9. The third-order valence-electron chi connectivity index (χ3n) is 7.24. The number of nitrogen functional groups attached to an aromatic ring is 2. The molecule has 22 heteroatoms. The number of nitrogens with one attached hydrogen (secondary N) is 1. The van der Waals surface area contributed by atoms with Crippen LogP contribution in [0.15, 0.2) is 17.4 Å².